The van der Waals surface area contributed by atoms with Gasteiger partial charge in [0.2, 0.25) is 0 Å². The number of halogens is 1. The summed E-state index contributed by atoms with van der Waals surface area (Å²) < 4.78 is 13.2. The molecule has 0 unspecified atom stereocenters. The van der Waals surface area contributed by atoms with Crippen molar-refractivity contribution in [2.24, 2.45) is 0 Å². The Morgan fingerprint density at radius 1 is 1.17 bits per heavy atom. The smallest absolute Gasteiger partial charge is 0.153 e. The molecule has 1 aromatic carbocycles. The predicted octanol–water partition coefficient (Wildman–Crippen LogP) is 3.18. The van der Waals surface area contributed by atoms with E-state index in [9.17, 15) is 9.18 Å². The minimum absolute atomic E-state index is 0.0449. The van der Waals surface area contributed by atoms with E-state index in [1.54, 1.807) is 6.07 Å². The fourth-order valence-electron chi connectivity index (χ4n) is 1.89. The number of nitrogens with zero attached hydrogens (tertiary/aromatic N) is 1. The number of aromatic nitrogens is 2. The first kappa shape index (κ1) is 10.7. The van der Waals surface area contributed by atoms with Crippen LogP contribution in [0.3, 0.4) is 0 Å². The van der Waals surface area contributed by atoms with Crippen molar-refractivity contribution >= 4 is 17.3 Å². The fraction of sp³-hybridized carbons (Fsp3) is 0. The van der Waals surface area contributed by atoms with Crippen LogP contribution in [0.15, 0.2) is 42.6 Å². The van der Waals surface area contributed by atoms with E-state index in [0.717, 1.165) is 16.6 Å². The van der Waals surface area contributed by atoms with Crippen molar-refractivity contribution in [2.75, 3.05) is 0 Å². The number of hydrogen-bond donors (Lipinski definition) is 1. The van der Waals surface area contributed by atoms with Crippen molar-refractivity contribution < 1.29 is 9.18 Å². The highest BCUT2D eigenvalue weighted by molar-refractivity contribution is 5.81. The van der Waals surface area contributed by atoms with Crippen LogP contribution in [0.25, 0.3) is 22.3 Å². The summed E-state index contributed by atoms with van der Waals surface area (Å²) in [7, 11) is 0. The highest BCUT2D eigenvalue weighted by Crippen LogP contribution is 2.22. The van der Waals surface area contributed by atoms with Gasteiger partial charge in [-0.2, -0.15) is 0 Å². The van der Waals surface area contributed by atoms with Gasteiger partial charge in [-0.15, -0.1) is 0 Å². The van der Waals surface area contributed by atoms with Gasteiger partial charge in [-0.25, -0.2) is 9.37 Å². The highest BCUT2D eigenvalue weighted by atomic mass is 19.1. The molecule has 0 aliphatic heterocycles. The Morgan fingerprint density at radius 2 is 2.06 bits per heavy atom. The molecule has 0 saturated carbocycles. The molecule has 0 atom stereocenters. The summed E-state index contributed by atoms with van der Waals surface area (Å²) in [5.74, 6) is -0.517. The standard InChI is InChI=1S/C14H9FN2O/c15-11-2-1-9(7-10(11)8-18)12-3-4-13-14(17-12)5-6-16-13/h1-8,16H. The van der Waals surface area contributed by atoms with Gasteiger partial charge in [0.25, 0.3) is 0 Å². The molecule has 0 amide bonds. The van der Waals surface area contributed by atoms with Crippen molar-refractivity contribution in [3.63, 3.8) is 0 Å². The van der Waals surface area contributed by atoms with Gasteiger partial charge in [0.05, 0.1) is 22.3 Å². The van der Waals surface area contributed by atoms with E-state index in [-0.39, 0.29) is 5.56 Å². The number of aromatic amines is 1. The molecule has 0 bridgehead atoms. The maximum absolute atomic E-state index is 13.2. The zero-order valence-electron chi connectivity index (χ0n) is 9.35. The number of H-pyrrole nitrogens is 1. The van der Waals surface area contributed by atoms with Crippen LogP contribution in [0.1, 0.15) is 10.4 Å². The van der Waals surface area contributed by atoms with E-state index in [4.69, 9.17) is 0 Å². The molecule has 3 rings (SSSR count). The molecule has 1 N–H and O–H groups in total. The number of rotatable bonds is 2. The van der Waals surface area contributed by atoms with E-state index in [1.165, 1.54) is 12.1 Å². The van der Waals surface area contributed by atoms with Gasteiger partial charge >= 0.3 is 0 Å². The van der Waals surface area contributed by atoms with Crippen LogP contribution in [-0.4, -0.2) is 16.3 Å². The molecule has 2 heterocycles. The molecule has 88 valence electrons. The van der Waals surface area contributed by atoms with Crippen LogP contribution in [0.4, 0.5) is 4.39 Å². The molecule has 3 nitrogen and oxygen atoms in total. The Bertz CT molecular complexity index is 733. The second-order valence-electron chi connectivity index (χ2n) is 3.96. The molecular formula is C14H9FN2O. The Kier molecular flexibility index (Phi) is 2.41. The lowest BCUT2D eigenvalue weighted by Crippen LogP contribution is -1.90. The average molecular weight is 240 g/mol. The largest absolute Gasteiger partial charge is 0.360 e. The lowest BCUT2D eigenvalue weighted by Gasteiger charge is -2.02. The van der Waals surface area contributed by atoms with E-state index in [2.05, 4.69) is 9.97 Å². The fourth-order valence-corrected chi connectivity index (χ4v) is 1.89. The number of benzene rings is 1. The van der Waals surface area contributed by atoms with Gasteiger partial charge < -0.3 is 4.98 Å². The maximum atomic E-state index is 13.2. The summed E-state index contributed by atoms with van der Waals surface area (Å²) in [6, 6.07) is 10.00. The molecule has 0 aliphatic carbocycles. The number of fused-ring (bicyclic) bond motifs is 1. The Hall–Kier alpha value is -2.49. The van der Waals surface area contributed by atoms with E-state index in [0.29, 0.717) is 12.0 Å². The Morgan fingerprint density at radius 3 is 2.89 bits per heavy atom. The van der Waals surface area contributed by atoms with Gasteiger partial charge in [-0.1, -0.05) is 0 Å². The van der Waals surface area contributed by atoms with Crippen molar-refractivity contribution in [2.45, 2.75) is 0 Å². The molecule has 0 radical (unpaired) electrons. The van der Waals surface area contributed by atoms with Crippen LogP contribution in [0, 0.1) is 5.82 Å². The number of pyridine rings is 1. The van der Waals surface area contributed by atoms with Crippen molar-refractivity contribution in [1.82, 2.24) is 9.97 Å². The maximum Gasteiger partial charge on any atom is 0.153 e. The number of nitrogens with one attached hydrogen (secondary N) is 1. The third kappa shape index (κ3) is 1.68. The van der Waals surface area contributed by atoms with Gasteiger partial charge in [0, 0.05) is 11.8 Å². The molecule has 0 aliphatic rings. The normalized spacial score (nSPS) is 10.7. The summed E-state index contributed by atoms with van der Waals surface area (Å²) in [5, 5.41) is 0. The zero-order chi connectivity index (χ0) is 12.5. The predicted molar refractivity (Wildman–Crippen MR) is 66.9 cm³/mol. The zero-order valence-corrected chi connectivity index (χ0v) is 9.35. The molecule has 2 aromatic heterocycles. The Labute approximate surface area is 102 Å². The molecule has 0 saturated heterocycles. The minimum atomic E-state index is -0.517. The highest BCUT2D eigenvalue weighted by Gasteiger charge is 2.06. The summed E-state index contributed by atoms with van der Waals surface area (Å²) in [6.07, 6.45) is 2.32. The first-order valence-electron chi connectivity index (χ1n) is 5.47. The first-order valence-corrected chi connectivity index (χ1v) is 5.47. The molecular weight excluding hydrogens is 231 g/mol. The SMILES string of the molecule is O=Cc1cc(-c2ccc3[nH]ccc3n2)ccc1F. The van der Waals surface area contributed by atoms with E-state index in [1.807, 2.05) is 24.4 Å². The second-order valence-corrected chi connectivity index (χ2v) is 3.96. The number of carbonyl (C=O) groups is 1. The second kappa shape index (κ2) is 4.07. The Balaban J connectivity index is 2.15. The third-order valence-corrected chi connectivity index (χ3v) is 2.82. The van der Waals surface area contributed by atoms with Gasteiger partial charge in [0.15, 0.2) is 6.29 Å². The number of carbonyl (C=O) groups excluding carboxylic acids is 1. The minimum Gasteiger partial charge on any atom is -0.360 e. The van der Waals surface area contributed by atoms with Crippen LogP contribution in [0.2, 0.25) is 0 Å². The number of hydrogen-bond acceptors (Lipinski definition) is 2. The van der Waals surface area contributed by atoms with Crippen molar-refractivity contribution in [1.29, 1.82) is 0 Å². The van der Waals surface area contributed by atoms with Gasteiger partial charge in [0.1, 0.15) is 5.82 Å². The first-order chi connectivity index (χ1) is 8.78. The molecule has 0 spiro atoms. The summed E-state index contributed by atoms with van der Waals surface area (Å²) in [4.78, 5) is 18.2. The van der Waals surface area contributed by atoms with Crippen LogP contribution >= 0.6 is 0 Å². The van der Waals surface area contributed by atoms with Crippen LogP contribution in [-0.2, 0) is 0 Å². The quantitative estimate of drug-likeness (QED) is 0.699. The van der Waals surface area contributed by atoms with Crippen LogP contribution in [0.5, 0.6) is 0 Å². The monoisotopic (exact) mass is 240 g/mol. The summed E-state index contributed by atoms with van der Waals surface area (Å²) >= 11 is 0. The molecule has 3 aromatic rings. The van der Waals surface area contributed by atoms with Gasteiger partial charge in [-0.3, -0.25) is 4.79 Å². The summed E-state index contributed by atoms with van der Waals surface area (Å²) in [5.41, 5.74) is 3.26. The van der Waals surface area contributed by atoms with Crippen molar-refractivity contribution in [3.8, 4) is 11.3 Å². The topological polar surface area (TPSA) is 45.8 Å². The lowest BCUT2D eigenvalue weighted by atomic mass is 10.1. The van der Waals surface area contributed by atoms with Gasteiger partial charge in [-0.05, 0) is 36.4 Å². The average Bonchev–Trinajstić information content (AvgIpc) is 2.86. The third-order valence-electron chi connectivity index (χ3n) is 2.82. The van der Waals surface area contributed by atoms with E-state index < -0.39 is 5.82 Å². The molecule has 0 fully saturated rings. The van der Waals surface area contributed by atoms with Crippen LogP contribution < -0.4 is 0 Å². The van der Waals surface area contributed by atoms with Crippen molar-refractivity contribution in [3.05, 3.63) is 54.0 Å². The lowest BCUT2D eigenvalue weighted by molar-refractivity contribution is 0.112. The molecule has 4 heteroatoms. The summed E-state index contributed by atoms with van der Waals surface area (Å²) in [6.45, 7) is 0. The number of aldehydes is 1. The molecule has 18 heavy (non-hydrogen) atoms. The van der Waals surface area contributed by atoms with E-state index >= 15 is 0 Å².